The van der Waals surface area contributed by atoms with Gasteiger partial charge in [-0.25, -0.2) is 4.98 Å². The summed E-state index contributed by atoms with van der Waals surface area (Å²) < 4.78 is 33.3. The molecule has 0 fully saturated rings. The molecule has 2 aromatic rings. The highest BCUT2D eigenvalue weighted by Gasteiger charge is 2.45. The number of oxazole rings is 1. The average molecular weight is 240 g/mol. The Labute approximate surface area is 97.6 Å². The molecule has 0 radical (unpaired) electrons. The smallest absolute Gasteiger partial charge is 0.290 e. The molecule has 0 spiro atoms. The lowest BCUT2D eigenvalue weighted by Gasteiger charge is -2.30. The summed E-state index contributed by atoms with van der Waals surface area (Å²) >= 11 is 0. The first-order valence-electron chi connectivity index (χ1n) is 5.26. The van der Waals surface area contributed by atoms with Gasteiger partial charge in [-0.2, -0.15) is 8.78 Å². The number of benzene rings is 1. The van der Waals surface area contributed by atoms with Crippen LogP contribution in [0.2, 0.25) is 0 Å². The van der Waals surface area contributed by atoms with Gasteiger partial charge in [0, 0.05) is 12.5 Å². The minimum atomic E-state index is -3.12. The molecule has 0 aliphatic rings. The van der Waals surface area contributed by atoms with Crippen LogP contribution in [0.4, 0.5) is 8.78 Å². The first-order chi connectivity index (χ1) is 7.72. The van der Waals surface area contributed by atoms with E-state index in [1.807, 2.05) is 0 Å². The van der Waals surface area contributed by atoms with Crippen molar-refractivity contribution in [3.8, 4) is 0 Å². The summed E-state index contributed by atoms with van der Waals surface area (Å²) in [6, 6.07) is 4.14. The molecule has 0 unspecified atom stereocenters. The van der Waals surface area contributed by atoms with Crippen molar-refractivity contribution in [3.05, 3.63) is 29.7 Å². The first kappa shape index (κ1) is 12.0. The number of nitrogens with zero attached hydrogens (tertiary/aromatic N) is 1. The molecule has 0 bridgehead atoms. The summed E-state index contributed by atoms with van der Waals surface area (Å²) in [6.07, 6.45) is 0. The van der Waals surface area contributed by atoms with E-state index in [1.54, 1.807) is 6.92 Å². The standard InChI is InChI=1S/C12H14F2N2O/c1-7-16-9-5-4-8(6-10(9)17-7)12(13,14)11(2,3)15/h4-6H,15H2,1-3H3. The zero-order chi connectivity index (χ0) is 12.8. The lowest BCUT2D eigenvalue weighted by molar-refractivity contribution is -0.0672. The van der Waals surface area contributed by atoms with Gasteiger partial charge in [-0.15, -0.1) is 0 Å². The van der Waals surface area contributed by atoms with Gasteiger partial charge in [-0.3, -0.25) is 0 Å². The van der Waals surface area contributed by atoms with E-state index >= 15 is 0 Å². The normalized spacial score (nSPS) is 13.3. The summed E-state index contributed by atoms with van der Waals surface area (Å²) in [5, 5.41) is 0. The van der Waals surface area contributed by atoms with Crippen molar-refractivity contribution >= 4 is 11.1 Å². The highest BCUT2D eigenvalue weighted by molar-refractivity contribution is 5.73. The molecule has 2 rings (SSSR count). The number of hydrogen-bond donors (Lipinski definition) is 1. The number of fused-ring (bicyclic) bond motifs is 1. The molecule has 0 aliphatic heterocycles. The Hall–Kier alpha value is -1.49. The maximum atomic E-state index is 14.0. The van der Waals surface area contributed by atoms with Crippen LogP contribution in [0.25, 0.3) is 11.1 Å². The van der Waals surface area contributed by atoms with E-state index in [9.17, 15) is 8.78 Å². The summed E-state index contributed by atoms with van der Waals surface area (Å²) in [7, 11) is 0. The molecule has 0 atom stereocenters. The molecule has 0 aliphatic carbocycles. The van der Waals surface area contributed by atoms with E-state index in [4.69, 9.17) is 10.2 Å². The largest absolute Gasteiger partial charge is 0.441 e. The lowest BCUT2D eigenvalue weighted by atomic mass is 9.91. The van der Waals surface area contributed by atoms with Crippen LogP contribution in [0.1, 0.15) is 25.3 Å². The van der Waals surface area contributed by atoms with E-state index in [0.29, 0.717) is 17.0 Å². The molecule has 2 N–H and O–H groups in total. The van der Waals surface area contributed by atoms with Crippen LogP contribution in [0.5, 0.6) is 0 Å². The van der Waals surface area contributed by atoms with Crippen LogP contribution in [0.15, 0.2) is 22.6 Å². The molecule has 17 heavy (non-hydrogen) atoms. The van der Waals surface area contributed by atoms with E-state index in [0.717, 1.165) is 0 Å². The molecule has 1 aromatic heterocycles. The third-order valence-corrected chi connectivity index (χ3v) is 2.67. The summed E-state index contributed by atoms with van der Waals surface area (Å²) in [4.78, 5) is 4.06. The first-order valence-corrected chi connectivity index (χ1v) is 5.26. The van der Waals surface area contributed by atoms with Crippen molar-refractivity contribution < 1.29 is 13.2 Å². The monoisotopic (exact) mass is 240 g/mol. The molecule has 3 nitrogen and oxygen atoms in total. The minimum Gasteiger partial charge on any atom is -0.441 e. The minimum absolute atomic E-state index is 0.159. The van der Waals surface area contributed by atoms with Crippen molar-refractivity contribution in [2.24, 2.45) is 5.73 Å². The lowest BCUT2D eigenvalue weighted by Crippen LogP contribution is -2.48. The summed E-state index contributed by atoms with van der Waals surface area (Å²) in [6.45, 7) is 4.26. The molecule has 1 aromatic carbocycles. The van der Waals surface area contributed by atoms with E-state index < -0.39 is 11.5 Å². The topological polar surface area (TPSA) is 52.0 Å². The van der Waals surface area contributed by atoms with Crippen LogP contribution in [-0.4, -0.2) is 10.5 Å². The van der Waals surface area contributed by atoms with Crippen LogP contribution in [-0.2, 0) is 5.92 Å². The quantitative estimate of drug-likeness (QED) is 0.878. The number of hydrogen-bond acceptors (Lipinski definition) is 3. The van der Waals surface area contributed by atoms with Crippen molar-refractivity contribution in [2.45, 2.75) is 32.2 Å². The van der Waals surface area contributed by atoms with Gasteiger partial charge in [0.15, 0.2) is 11.5 Å². The Bertz CT molecular complexity index is 555. The highest BCUT2D eigenvalue weighted by Crippen LogP contribution is 2.38. The molecule has 1 heterocycles. The average Bonchev–Trinajstić information content (AvgIpc) is 2.54. The second-order valence-corrected chi connectivity index (χ2v) is 4.71. The Morgan fingerprint density at radius 1 is 1.29 bits per heavy atom. The molecule has 5 heteroatoms. The maximum absolute atomic E-state index is 14.0. The van der Waals surface area contributed by atoms with Gasteiger partial charge in [0.25, 0.3) is 5.92 Å². The highest BCUT2D eigenvalue weighted by atomic mass is 19.3. The number of rotatable bonds is 2. The fourth-order valence-corrected chi connectivity index (χ4v) is 1.61. The molecule has 0 amide bonds. The number of aromatic nitrogens is 1. The Morgan fingerprint density at radius 2 is 1.94 bits per heavy atom. The van der Waals surface area contributed by atoms with E-state index in [-0.39, 0.29) is 5.56 Å². The third kappa shape index (κ3) is 1.91. The van der Waals surface area contributed by atoms with Crippen molar-refractivity contribution in [2.75, 3.05) is 0 Å². The molecule has 92 valence electrons. The molecular formula is C12H14F2N2O. The van der Waals surface area contributed by atoms with Crippen LogP contribution in [0.3, 0.4) is 0 Å². The summed E-state index contributed by atoms with van der Waals surface area (Å²) in [5.41, 5.74) is 4.63. The van der Waals surface area contributed by atoms with E-state index in [1.165, 1.54) is 32.0 Å². The van der Waals surface area contributed by atoms with Crippen molar-refractivity contribution in [1.29, 1.82) is 0 Å². The van der Waals surface area contributed by atoms with Gasteiger partial charge in [-0.05, 0) is 26.0 Å². The number of alkyl halides is 2. The van der Waals surface area contributed by atoms with Crippen LogP contribution < -0.4 is 5.73 Å². The van der Waals surface area contributed by atoms with E-state index in [2.05, 4.69) is 4.98 Å². The molecular weight excluding hydrogens is 226 g/mol. The molecule has 0 saturated carbocycles. The number of nitrogens with two attached hydrogens (primary N) is 1. The zero-order valence-corrected chi connectivity index (χ0v) is 9.92. The second kappa shape index (κ2) is 3.50. The van der Waals surface area contributed by atoms with Gasteiger partial charge in [0.2, 0.25) is 0 Å². The third-order valence-electron chi connectivity index (χ3n) is 2.67. The molecule has 0 saturated heterocycles. The van der Waals surface area contributed by atoms with Gasteiger partial charge >= 0.3 is 0 Å². The van der Waals surface area contributed by atoms with Gasteiger partial charge in [0.1, 0.15) is 5.52 Å². The Balaban J connectivity index is 2.56. The number of aryl methyl sites for hydroxylation is 1. The predicted molar refractivity (Wildman–Crippen MR) is 60.9 cm³/mol. The Morgan fingerprint density at radius 3 is 2.53 bits per heavy atom. The van der Waals surface area contributed by atoms with Crippen LogP contribution >= 0.6 is 0 Å². The van der Waals surface area contributed by atoms with Crippen LogP contribution in [0, 0.1) is 6.92 Å². The predicted octanol–water partition coefficient (Wildman–Crippen LogP) is 2.97. The second-order valence-electron chi connectivity index (χ2n) is 4.71. The van der Waals surface area contributed by atoms with Crippen molar-refractivity contribution in [1.82, 2.24) is 4.98 Å². The van der Waals surface area contributed by atoms with Crippen molar-refractivity contribution in [3.63, 3.8) is 0 Å². The fourth-order valence-electron chi connectivity index (χ4n) is 1.61. The van der Waals surface area contributed by atoms with Gasteiger partial charge in [-0.1, -0.05) is 6.07 Å². The number of halogens is 2. The fraction of sp³-hybridized carbons (Fsp3) is 0.417. The zero-order valence-electron chi connectivity index (χ0n) is 9.92. The summed E-state index contributed by atoms with van der Waals surface area (Å²) in [5.74, 6) is -2.67. The Kier molecular flexibility index (Phi) is 2.47. The maximum Gasteiger partial charge on any atom is 0.290 e. The van der Waals surface area contributed by atoms with Gasteiger partial charge < -0.3 is 10.2 Å². The SMILES string of the molecule is Cc1nc2ccc(C(F)(F)C(C)(C)N)cc2o1. The van der Waals surface area contributed by atoms with Gasteiger partial charge in [0.05, 0.1) is 5.54 Å².